The molecule has 0 radical (unpaired) electrons. The largest absolute Gasteiger partial charge is 0.309 e. The average molecular weight is 692 g/mol. The van der Waals surface area contributed by atoms with E-state index in [0.29, 0.717) is 5.56 Å². The van der Waals surface area contributed by atoms with Crippen molar-refractivity contribution in [2.45, 2.75) is 0 Å². The van der Waals surface area contributed by atoms with Gasteiger partial charge in [-0.05, 0) is 89.0 Å². The Hall–Kier alpha value is -6.93. The quantitative estimate of drug-likeness (QED) is 0.181. The van der Waals surface area contributed by atoms with E-state index in [1.165, 1.54) is 63.8 Å². The minimum absolute atomic E-state index is 0.655. The molecule has 4 heteroatoms. The van der Waals surface area contributed by atoms with Crippen molar-refractivity contribution >= 4 is 75.1 Å². The highest BCUT2D eigenvalue weighted by Crippen LogP contribution is 2.44. The molecular formula is C49H29N3S. The molecule has 53 heavy (non-hydrogen) atoms. The first-order chi connectivity index (χ1) is 26.2. The molecule has 0 N–H and O–H groups in total. The lowest BCUT2D eigenvalue weighted by Gasteiger charge is -2.16. The molecule has 0 aliphatic heterocycles. The number of benzene rings is 8. The third-order valence-corrected chi connectivity index (χ3v) is 11.9. The summed E-state index contributed by atoms with van der Waals surface area (Å²) in [5, 5.41) is 17.3. The van der Waals surface area contributed by atoms with Crippen LogP contribution in [0.5, 0.6) is 0 Å². The van der Waals surface area contributed by atoms with Crippen LogP contribution in [0.3, 0.4) is 0 Å². The fourth-order valence-corrected chi connectivity index (χ4v) is 9.64. The molecule has 0 saturated carbocycles. The van der Waals surface area contributed by atoms with Crippen LogP contribution in [0.4, 0.5) is 0 Å². The van der Waals surface area contributed by atoms with E-state index in [2.05, 4.69) is 173 Å². The van der Waals surface area contributed by atoms with E-state index in [0.717, 1.165) is 33.6 Å². The van der Waals surface area contributed by atoms with Crippen molar-refractivity contribution in [3.63, 3.8) is 0 Å². The number of hydrogen-bond acceptors (Lipinski definition) is 2. The summed E-state index contributed by atoms with van der Waals surface area (Å²) >= 11 is 1.88. The van der Waals surface area contributed by atoms with Crippen molar-refractivity contribution in [2.75, 3.05) is 0 Å². The normalized spacial score (nSPS) is 11.8. The SMILES string of the molecule is N#Cc1cccc(-c2cccc(-c3cc(-n4c5ccccc5c5ccccc54)cc(-n4c5ccccc5c5c6sc7ccccc7c6ccc54)c3)c2)c1. The fraction of sp³-hybridized carbons (Fsp3) is 0. The molecule has 0 amide bonds. The van der Waals surface area contributed by atoms with Gasteiger partial charge in [-0.2, -0.15) is 5.26 Å². The molecule has 0 bridgehead atoms. The molecule has 3 aromatic heterocycles. The third-order valence-electron chi connectivity index (χ3n) is 10.7. The van der Waals surface area contributed by atoms with E-state index in [4.69, 9.17) is 0 Å². The highest BCUT2D eigenvalue weighted by atomic mass is 32.1. The van der Waals surface area contributed by atoms with Crippen molar-refractivity contribution in [3.05, 3.63) is 181 Å². The summed E-state index contributed by atoms with van der Waals surface area (Å²) < 4.78 is 7.50. The first-order valence-electron chi connectivity index (χ1n) is 17.8. The molecule has 11 rings (SSSR count). The standard InChI is InChI=1S/C49H29N3S/c50-30-31-11-9-12-32(25-31)33-13-10-14-34(26-33)35-27-36(51-43-19-5-1-15-38(43)39-16-2-6-20-44(39)51)29-37(28-35)52-45-21-7-3-18-42(45)48-46(52)24-23-41-40-17-4-8-22-47(40)53-49(41)48/h1-29H. The number of nitriles is 1. The highest BCUT2D eigenvalue weighted by Gasteiger charge is 2.20. The number of rotatable bonds is 4. The van der Waals surface area contributed by atoms with E-state index in [-0.39, 0.29) is 0 Å². The molecule has 246 valence electrons. The Kier molecular flexibility index (Phi) is 6.48. The highest BCUT2D eigenvalue weighted by molar-refractivity contribution is 7.26. The van der Waals surface area contributed by atoms with Gasteiger partial charge in [-0.15, -0.1) is 11.3 Å². The number of aromatic nitrogens is 2. The minimum atomic E-state index is 0.655. The van der Waals surface area contributed by atoms with E-state index < -0.39 is 0 Å². The summed E-state index contributed by atoms with van der Waals surface area (Å²) in [5.74, 6) is 0. The summed E-state index contributed by atoms with van der Waals surface area (Å²) in [5.41, 5.74) is 11.9. The Labute approximate surface area is 309 Å². The lowest BCUT2D eigenvalue weighted by molar-refractivity contribution is 1.13. The van der Waals surface area contributed by atoms with Crippen LogP contribution in [0.1, 0.15) is 5.56 Å². The molecule has 0 spiro atoms. The van der Waals surface area contributed by atoms with Crippen molar-refractivity contribution < 1.29 is 0 Å². The third kappa shape index (κ3) is 4.52. The molecule has 11 aromatic rings. The summed E-state index contributed by atoms with van der Waals surface area (Å²) in [6, 6.07) is 65.5. The maximum Gasteiger partial charge on any atom is 0.0991 e. The van der Waals surface area contributed by atoms with Gasteiger partial charge < -0.3 is 9.13 Å². The van der Waals surface area contributed by atoms with Gasteiger partial charge in [0, 0.05) is 53.1 Å². The molecule has 0 unspecified atom stereocenters. The van der Waals surface area contributed by atoms with Gasteiger partial charge in [0.2, 0.25) is 0 Å². The smallest absolute Gasteiger partial charge is 0.0991 e. The van der Waals surface area contributed by atoms with Crippen LogP contribution in [0.15, 0.2) is 176 Å². The van der Waals surface area contributed by atoms with Crippen molar-refractivity contribution in [2.24, 2.45) is 0 Å². The van der Waals surface area contributed by atoms with Gasteiger partial charge >= 0.3 is 0 Å². The van der Waals surface area contributed by atoms with Gasteiger partial charge in [0.25, 0.3) is 0 Å². The minimum Gasteiger partial charge on any atom is -0.309 e. The van der Waals surface area contributed by atoms with Crippen molar-refractivity contribution in [1.82, 2.24) is 9.13 Å². The Bertz CT molecular complexity index is 3260. The van der Waals surface area contributed by atoms with Gasteiger partial charge in [0.15, 0.2) is 0 Å². The zero-order chi connectivity index (χ0) is 35.0. The predicted molar refractivity (Wildman–Crippen MR) is 224 cm³/mol. The molecule has 3 heterocycles. The second kappa shape index (κ2) is 11.5. The Morgan fingerprint density at radius 1 is 0.396 bits per heavy atom. The van der Waals surface area contributed by atoms with Crippen LogP contribution in [0.25, 0.3) is 97.4 Å². The molecule has 0 fully saturated rings. The van der Waals surface area contributed by atoms with Crippen molar-refractivity contribution in [1.29, 1.82) is 5.26 Å². The molecule has 0 atom stereocenters. The van der Waals surface area contributed by atoms with Gasteiger partial charge in [0.1, 0.15) is 0 Å². The molecule has 8 aromatic carbocycles. The second-order valence-corrected chi connectivity index (χ2v) is 14.7. The lowest BCUT2D eigenvalue weighted by Crippen LogP contribution is -2.00. The maximum atomic E-state index is 9.63. The van der Waals surface area contributed by atoms with Gasteiger partial charge in [-0.25, -0.2) is 0 Å². The molecule has 0 saturated heterocycles. The summed E-state index contributed by atoms with van der Waals surface area (Å²) in [6.45, 7) is 0. The Morgan fingerprint density at radius 3 is 1.64 bits per heavy atom. The summed E-state index contributed by atoms with van der Waals surface area (Å²) in [4.78, 5) is 0. The summed E-state index contributed by atoms with van der Waals surface area (Å²) in [7, 11) is 0. The number of para-hydroxylation sites is 3. The second-order valence-electron chi connectivity index (χ2n) is 13.7. The van der Waals surface area contributed by atoms with Crippen LogP contribution >= 0.6 is 11.3 Å². The average Bonchev–Trinajstić information content (AvgIpc) is 3.88. The zero-order valence-corrected chi connectivity index (χ0v) is 29.3. The topological polar surface area (TPSA) is 33.6 Å². The summed E-state index contributed by atoms with van der Waals surface area (Å²) in [6.07, 6.45) is 0. The van der Waals surface area contributed by atoms with Crippen molar-refractivity contribution in [3.8, 4) is 39.7 Å². The van der Waals surface area contributed by atoms with Gasteiger partial charge in [-0.3, -0.25) is 0 Å². The zero-order valence-electron chi connectivity index (χ0n) is 28.5. The van der Waals surface area contributed by atoms with E-state index in [9.17, 15) is 5.26 Å². The molecule has 3 nitrogen and oxygen atoms in total. The predicted octanol–water partition coefficient (Wildman–Crippen LogP) is 13.5. The van der Waals surface area contributed by atoms with Crippen LogP contribution in [-0.4, -0.2) is 9.13 Å². The number of nitrogens with zero attached hydrogens (tertiary/aromatic N) is 3. The monoisotopic (exact) mass is 691 g/mol. The van der Waals surface area contributed by atoms with E-state index in [1.807, 2.05) is 29.5 Å². The Balaban J connectivity index is 1.23. The van der Waals surface area contributed by atoms with E-state index >= 15 is 0 Å². The fourth-order valence-electron chi connectivity index (χ4n) is 8.38. The van der Waals surface area contributed by atoms with Gasteiger partial charge in [0.05, 0.1) is 33.7 Å². The first kappa shape index (κ1) is 29.8. The van der Waals surface area contributed by atoms with Crippen LogP contribution in [-0.2, 0) is 0 Å². The lowest BCUT2D eigenvalue weighted by atomic mass is 9.97. The van der Waals surface area contributed by atoms with Crippen LogP contribution in [0.2, 0.25) is 0 Å². The number of thiophene rings is 1. The van der Waals surface area contributed by atoms with Gasteiger partial charge in [-0.1, -0.05) is 109 Å². The molecular weight excluding hydrogens is 663 g/mol. The van der Waals surface area contributed by atoms with Crippen LogP contribution < -0.4 is 0 Å². The Morgan fingerprint density at radius 2 is 0.943 bits per heavy atom. The molecule has 0 aliphatic rings. The molecule has 0 aliphatic carbocycles. The van der Waals surface area contributed by atoms with Crippen LogP contribution in [0, 0.1) is 11.3 Å². The first-order valence-corrected chi connectivity index (χ1v) is 18.6. The van der Waals surface area contributed by atoms with E-state index in [1.54, 1.807) is 0 Å². The number of fused-ring (bicyclic) bond motifs is 10. The number of hydrogen-bond donors (Lipinski definition) is 0. The maximum absolute atomic E-state index is 9.63.